The summed E-state index contributed by atoms with van der Waals surface area (Å²) >= 11 is 0. The first-order valence-corrected chi connectivity index (χ1v) is 6.55. The molecule has 6 nitrogen and oxygen atoms in total. The van der Waals surface area contributed by atoms with Crippen LogP contribution in [0.25, 0.3) is 22.5 Å². The van der Waals surface area contributed by atoms with Crippen molar-refractivity contribution in [3.05, 3.63) is 36.5 Å². The normalized spacial score (nSPS) is 11.1. The van der Waals surface area contributed by atoms with Crippen LogP contribution in [-0.2, 0) is 6.42 Å². The summed E-state index contributed by atoms with van der Waals surface area (Å²) in [4.78, 5) is 8.51. The Bertz CT molecular complexity index is 709. The fourth-order valence-electron chi connectivity index (χ4n) is 1.98. The second-order valence-corrected chi connectivity index (χ2v) is 4.47. The minimum Gasteiger partial charge on any atom is -0.421 e. The van der Waals surface area contributed by atoms with E-state index in [1.807, 2.05) is 25.2 Å². The first-order valence-electron chi connectivity index (χ1n) is 6.55. The SMILES string of the molecule is CNCCCc1nnc(-c2ccc3nccnc3c2)o1. The molecule has 0 saturated heterocycles. The third kappa shape index (κ3) is 2.65. The van der Waals surface area contributed by atoms with E-state index in [0.717, 1.165) is 36.0 Å². The van der Waals surface area contributed by atoms with Crippen molar-refractivity contribution in [2.45, 2.75) is 12.8 Å². The molecule has 0 bridgehead atoms. The van der Waals surface area contributed by atoms with Gasteiger partial charge in [0.15, 0.2) is 0 Å². The monoisotopic (exact) mass is 269 g/mol. The molecule has 3 aromatic rings. The maximum atomic E-state index is 5.67. The summed E-state index contributed by atoms with van der Waals surface area (Å²) < 4.78 is 5.67. The summed E-state index contributed by atoms with van der Waals surface area (Å²) in [5.41, 5.74) is 2.54. The Morgan fingerprint density at radius 2 is 1.95 bits per heavy atom. The zero-order chi connectivity index (χ0) is 13.8. The van der Waals surface area contributed by atoms with E-state index in [1.54, 1.807) is 12.4 Å². The molecule has 0 aliphatic carbocycles. The van der Waals surface area contributed by atoms with Crippen molar-refractivity contribution >= 4 is 11.0 Å². The molecule has 2 aromatic heterocycles. The lowest BCUT2D eigenvalue weighted by Gasteiger charge is -1.98. The summed E-state index contributed by atoms with van der Waals surface area (Å²) in [6, 6.07) is 5.73. The van der Waals surface area contributed by atoms with Crippen LogP contribution in [0.3, 0.4) is 0 Å². The Labute approximate surface area is 116 Å². The molecule has 2 heterocycles. The van der Waals surface area contributed by atoms with Gasteiger partial charge >= 0.3 is 0 Å². The Morgan fingerprint density at radius 3 is 2.80 bits per heavy atom. The predicted octanol–water partition coefficient (Wildman–Crippen LogP) is 1.83. The van der Waals surface area contributed by atoms with Crippen molar-refractivity contribution in [3.8, 4) is 11.5 Å². The molecule has 0 aliphatic rings. The fourth-order valence-corrected chi connectivity index (χ4v) is 1.98. The topological polar surface area (TPSA) is 76.7 Å². The van der Waals surface area contributed by atoms with E-state index >= 15 is 0 Å². The summed E-state index contributed by atoms with van der Waals surface area (Å²) in [7, 11) is 1.93. The second-order valence-electron chi connectivity index (χ2n) is 4.47. The lowest BCUT2D eigenvalue weighted by Crippen LogP contribution is -2.08. The average molecular weight is 269 g/mol. The minimum absolute atomic E-state index is 0.525. The van der Waals surface area contributed by atoms with Gasteiger partial charge in [-0.25, -0.2) is 0 Å². The zero-order valence-electron chi connectivity index (χ0n) is 11.2. The molecule has 0 aliphatic heterocycles. The first-order chi connectivity index (χ1) is 9.86. The zero-order valence-corrected chi connectivity index (χ0v) is 11.2. The molecule has 0 spiro atoms. The number of fused-ring (bicyclic) bond motifs is 1. The predicted molar refractivity (Wildman–Crippen MR) is 75.1 cm³/mol. The van der Waals surface area contributed by atoms with Crippen LogP contribution < -0.4 is 5.32 Å². The van der Waals surface area contributed by atoms with E-state index in [9.17, 15) is 0 Å². The highest BCUT2D eigenvalue weighted by Crippen LogP contribution is 2.21. The average Bonchev–Trinajstić information content (AvgIpc) is 2.96. The smallest absolute Gasteiger partial charge is 0.247 e. The summed E-state index contributed by atoms with van der Waals surface area (Å²) in [5.74, 6) is 1.19. The fraction of sp³-hybridized carbons (Fsp3) is 0.286. The molecule has 0 fully saturated rings. The van der Waals surface area contributed by atoms with Crippen LogP contribution in [0, 0.1) is 0 Å². The van der Waals surface area contributed by atoms with E-state index in [2.05, 4.69) is 25.5 Å². The summed E-state index contributed by atoms with van der Waals surface area (Å²) in [6.45, 7) is 0.934. The van der Waals surface area contributed by atoms with Gasteiger partial charge in [0, 0.05) is 24.4 Å². The summed E-state index contributed by atoms with van der Waals surface area (Å²) in [6.07, 6.45) is 5.10. The van der Waals surface area contributed by atoms with Gasteiger partial charge in [-0.2, -0.15) is 0 Å². The van der Waals surface area contributed by atoms with E-state index in [0.29, 0.717) is 11.8 Å². The first kappa shape index (κ1) is 12.7. The highest BCUT2D eigenvalue weighted by Gasteiger charge is 2.09. The number of aromatic nitrogens is 4. The lowest BCUT2D eigenvalue weighted by atomic mass is 10.2. The Balaban J connectivity index is 1.83. The van der Waals surface area contributed by atoms with Crippen LogP contribution in [0.2, 0.25) is 0 Å². The number of rotatable bonds is 5. The number of hydrogen-bond donors (Lipinski definition) is 1. The van der Waals surface area contributed by atoms with Crippen molar-refractivity contribution in [1.29, 1.82) is 0 Å². The standard InChI is InChI=1S/C14H15N5O/c1-15-6-2-3-13-18-19-14(20-13)10-4-5-11-12(9-10)17-8-7-16-11/h4-5,7-9,15H,2-3,6H2,1H3. The van der Waals surface area contributed by atoms with E-state index in [4.69, 9.17) is 4.42 Å². The molecule has 6 heteroatoms. The van der Waals surface area contributed by atoms with Crippen molar-refractivity contribution in [2.24, 2.45) is 0 Å². The van der Waals surface area contributed by atoms with Gasteiger partial charge in [-0.15, -0.1) is 10.2 Å². The van der Waals surface area contributed by atoms with Gasteiger partial charge in [-0.1, -0.05) is 0 Å². The molecule has 0 amide bonds. The van der Waals surface area contributed by atoms with Crippen LogP contribution in [0.5, 0.6) is 0 Å². The third-order valence-corrected chi connectivity index (χ3v) is 3.00. The third-order valence-electron chi connectivity index (χ3n) is 3.00. The van der Waals surface area contributed by atoms with Crippen LogP contribution >= 0.6 is 0 Å². The molecule has 0 radical (unpaired) electrons. The Hall–Kier alpha value is -2.34. The van der Waals surface area contributed by atoms with Gasteiger partial charge in [0.05, 0.1) is 11.0 Å². The molecule has 0 atom stereocenters. The van der Waals surface area contributed by atoms with E-state index in [-0.39, 0.29) is 0 Å². The largest absolute Gasteiger partial charge is 0.421 e. The minimum atomic E-state index is 0.525. The number of aryl methyl sites for hydroxylation is 1. The number of nitrogens with zero attached hydrogens (tertiary/aromatic N) is 4. The van der Waals surface area contributed by atoms with Gasteiger partial charge in [-0.05, 0) is 38.2 Å². The van der Waals surface area contributed by atoms with E-state index in [1.165, 1.54) is 0 Å². The molecule has 0 saturated carbocycles. The highest BCUT2D eigenvalue weighted by molar-refractivity contribution is 5.78. The van der Waals surface area contributed by atoms with Crippen LogP contribution in [0.1, 0.15) is 12.3 Å². The molecule has 3 rings (SSSR count). The summed E-state index contributed by atoms with van der Waals surface area (Å²) in [5, 5.41) is 11.2. The molecule has 1 aromatic carbocycles. The number of benzene rings is 1. The van der Waals surface area contributed by atoms with Crippen molar-refractivity contribution < 1.29 is 4.42 Å². The molecule has 0 unspecified atom stereocenters. The highest BCUT2D eigenvalue weighted by atomic mass is 16.4. The van der Waals surface area contributed by atoms with Crippen LogP contribution in [0.4, 0.5) is 0 Å². The quantitative estimate of drug-likeness (QED) is 0.712. The molecular formula is C14H15N5O. The second kappa shape index (κ2) is 5.75. The maximum Gasteiger partial charge on any atom is 0.247 e. The van der Waals surface area contributed by atoms with E-state index < -0.39 is 0 Å². The molecule has 102 valence electrons. The van der Waals surface area contributed by atoms with Gasteiger partial charge in [0.25, 0.3) is 0 Å². The van der Waals surface area contributed by atoms with Crippen molar-refractivity contribution in [3.63, 3.8) is 0 Å². The number of hydrogen-bond acceptors (Lipinski definition) is 6. The van der Waals surface area contributed by atoms with Gasteiger partial charge in [0.2, 0.25) is 11.8 Å². The van der Waals surface area contributed by atoms with Crippen LogP contribution in [-0.4, -0.2) is 33.8 Å². The number of nitrogens with one attached hydrogen (secondary N) is 1. The van der Waals surface area contributed by atoms with Gasteiger partial charge in [0.1, 0.15) is 0 Å². The maximum absolute atomic E-state index is 5.67. The van der Waals surface area contributed by atoms with Gasteiger partial charge in [-0.3, -0.25) is 9.97 Å². The molecular weight excluding hydrogens is 254 g/mol. The Morgan fingerprint density at radius 1 is 1.10 bits per heavy atom. The van der Waals surface area contributed by atoms with Crippen LogP contribution in [0.15, 0.2) is 35.0 Å². The molecule has 20 heavy (non-hydrogen) atoms. The van der Waals surface area contributed by atoms with Gasteiger partial charge < -0.3 is 9.73 Å². The van der Waals surface area contributed by atoms with Crippen molar-refractivity contribution in [2.75, 3.05) is 13.6 Å². The van der Waals surface area contributed by atoms with Crippen molar-refractivity contribution in [1.82, 2.24) is 25.5 Å². The molecule has 1 N–H and O–H groups in total. The Kier molecular flexibility index (Phi) is 3.64. The lowest BCUT2D eigenvalue weighted by molar-refractivity contribution is 0.495.